The van der Waals surface area contributed by atoms with Gasteiger partial charge in [-0.1, -0.05) is 17.9 Å². The van der Waals surface area contributed by atoms with Crippen LogP contribution in [0.1, 0.15) is 11.1 Å². The van der Waals surface area contributed by atoms with Gasteiger partial charge in [-0.15, -0.1) is 0 Å². The maximum Gasteiger partial charge on any atom is 0.165 e. The van der Waals surface area contributed by atoms with Crippen LogP contribution in [0.3, 0.4) is 0 Å². The van der Waals surface area contributed by atoms with Crippen molar-refractivity contribution in [1.29, 1.82) is 0 Å². The lowest BCUT2D eigenvalue weighted by molar-refractivity contribution is 0.289. The summed E-state index contributed by atoms with van der Waals surface area (Å²) in [6, 6.07) is 7.32. The Morgan fingerprint density at radius 3 is 2.43 bits per heavy atom. The van der Waals surface area contributed by atoms with Crippen LogP contribution in [0.25, 0.3) is 0 Å². The molecule has 0 bridgehead atoms. The Labute approximate surface area is 119 Å². The molecule has 0 amide bonds. The summed E-state index contributed by atoms with van der Waals surface area (Å²) >= 11 is 0. The minimum Gasteiger partial charge on any atom is -0.486 e. The molecule has 0 radical (unpaired) electrons. The molecule has 0 spiro atoms. The van der Waals surface area contributed by atoms with Gasteiger partial charge < -0.3 is 9.84 Å². The van der Waals surface area contributed by atoms with Gasteiger partial charge in [0.25, 0.3) is 0 Å². The first-order valence-electron chi connectivity index (χ1n) is 6.06. The molecule has 0 aromatic heterocycles. The van der Waals surface area contributed by atoms with E-state index in [1.165, 1.54) is 24.3 Å². The zero-order valence-electron chi connectivity index (χ0n) is 10.9. The Kier molecular flexibility index (Phi) is 4.85. The Morgan fingerprint density at radius 2 is 1.71 bits per heavy atom. The van der Waals surface area contributed by atoms with Crippen molar-refractivity contribution in [3.05, 3.63) is 65.0 Å². The standard InChI is InChI=1S/C16H11F3O2/c17-13-5-4-12(8-15(13)19)10-21-16-9-11(2-1-7-20)3-6-14(16)18/h3-6,8-9,20H,7,10H2. The van der Waals surface area contributed by atoms with Crippen LogP contribution in [0.2, 0.25) is 0 Å². The fraction of sp³-hybridized carbons (Fsp3) is 0.125. The van der Waals surface area contributed by atoms with Crippen LogP contribution in [0, 0.1) is 29.3 Å². The molecule has 108 valence electrons. The van der Waals surface area contributed by atoms with Gasteiger partial charge in [0.2, 0.25) is 0 Å². The summed E-state index contributed by atoms with van der Waals surface area (Å²) in [6.45, 7) is -0.409. The van der Waals surface area contributed by atoms with Crippen LogP contribution < -0.4 is 4.74 Å². The molecule has 5 heteroatoms. The second-order valence-corrected chi connectivity index (χ2v) is 4.14. The van der Waals surface area contributed by atoms with Crippen LogP contribution in [-0.4, -0.2) is 11.7 Å². The lowest BCUT2D eigenvalue weighted by atomic mass is 10.2. The minimum atomic E-state index is -0.987. The fourth-order valence-electron chi connectivity index (χ4n) is 1.62. The molecule has 2 rings (SSSR count). The maximum atomic E-state index is 13.6. The number of aliphatic hydroxyl groups is 1. The number of rotatable bonds is 3. The largest absolute Gasteiger partial charge is 0.486 e. The van der Waals surface area contributed by atoms with Gasteiger partial charge in [-0.05, 0) is 35.9 Å². The first-order valence-corrected chi connectivity index (χ1v) is 6.06. The highest BCUT2D eigenvalue weighted by molar-refractivity contribution is 5.40. The van der Waals surface area contributed by atoms with E-state index in [0.717, 1.165) is 12.1 Å². The molecule has 0 saturated heterocycles. The van der Waals surface area contributed by atoms with Crippen molar-refractivity contribution in [3.63, 3.8) is 0 Å². The zero-order valence-corrected chi connectivity index (χ0v) is 10.9. The van der Waals surface area contributed by atoms with Gasteiger partial charge >= 0.3 is 0 Å². The lowest BCUT2D eigenvalue weighted by Crippen LogP contribution is -1.99. The van der Waals surface area contributed by atoms with E-state index in [1.807, 2.05) is 0 Å². The molecule has 0 saturated carbocycles. The normalized spacial score (nSPS) is 9.90. The van der Waals surface area contributed by atoms with Gasteiger partial charge in [0.15, 0.2) is 23.2 Å². The molecule has 2 nitrogen and oxygen atoms in total. The van der Waals surface area contributed by atoms with Gasteiger partial charge in [0.05, 0.1) is 0 Å². The van der Waals surface area contributed by atoms with E-state index in [2.05, 4.69) is 11.8 Å². The van der Waals surface area contributed by atoms with E-state index in [-0.39, 0.29) is 19.0 Å². The number of benzene rings is 2. The molecule has 0 aliphatic rings. The molecule has 0 atom stereocenters. The maximum absolute atomic E-state index is 13.6. The van der Waals surface area contributed by atoms with Crippen molar-refractivity contribution >= 4 is 0 Å². The molecule has 2 aromatic carbocycles. The third-order valence-electron chi connectivity index (χ3n) is 2.62. The van der Waals surface area contributed by atoms with Gasteiger partial charge in [0.1, 0.15) is 13.2 Å². The Morgan fingerprint density at radius 1 is 0.952 bits per heavy atom. The predicted octanol–water partition coefficient (Wildman–Crippen LogP) is 3.03. The molecule has 2 aromatic rings. The Hall–Kier alpha value is -2.45. The van der Waals surface area contributed by atoms with E-state index in [9.17, 15) is 13.2 Å². The number of ether oxygens (including phenoxy) is 1. The van der Waals surface area contributed by atoms with Gasteiger partial charge in [-0.2, -0.15) is 0 Å². The van der Waals surface area contributed by atoms with E-state index in [0.29, 0.717) is 11.1 Å². The number of hydrogen-bond donors (Lipinski definition) is 1. The van der Waals surface area contributed by atoms with Crippen LogP contribution in [0.5, 0.6) is 5.75 Å². The average molecular weight is 292 g/mol. The van der Waals surface area contributed by atoms with Crippen molar-refractivity contribution in [3.8, 4) is 17.6 Å². The van der Waals surface area contributed by atoms with E-state index < -0.39 is 17.5 Å². The third-order valence-corrected chi connectivity index (χ3v) is 2.62. The second-order valence-electron chi connectivity index (χ2n) is 4.14. The third kappa shape index (κ3) is 4.01. The average Bonchev–Trinajstić information content (AvgIpc) is 2.48. The van der Waals surface area contributed by atoms with Crippen LogP contribution in [0.4, 0.5) is 13.2 Å². The summed E-state index contributed by atoms with van der Waals surface area (Å²) in [7, 11) is 0. The smallest absolute Gasteiger partial charge is 0.165 e. The SMILES string of the molecule is OCC#Cc1ccc(F)c(OCc2ccc(F)c(F)c2)c1. The van der Waals surface area contributed by atoms with E-state index in [1.54, 1.807) is 0 Å². The number of aliphatic hydroxyl groups excluding tert-OH is 1. The van der Waals surface area contributed by atoms with Gasteiger partial charge in [-0.25, -0.2) is 13.2 Å². The van der Waals surface area contributed by atoms with Crippen molar-refractivity contribution in [1.82, 2.24) is 0 Å². The van der Waals surface area contributed by atoms with Crippen LogP contribution in [0.15, 0.2) is 36.4 Å². The Balaban J connectivity index is 2.13. The molecular weight excluding hydrogens is 281 g/mol. The minimum absolute atomic E-state index is 0.0514. The Bertz CT molecular complexity index is 702. The van der Waals surface area contributed by atoms with Crippen molar-refractivity contribution in [2.75, 3.05) is 6.61 Å². The van der Waals surface area contributed by atoms with Crippen molar-refractivity contribution in [2.45, 2.75) is 6.61 Å². The first-order chi connectivity index (χ1) is 10.1. The topological polar surface area (TPSA) is 29.5 Å². The molecule has 0 heterocycles. The summed E-state index contributed by atoms with van der Waals surface area (Å²) in [5.74, 6) is 2.47. The molecule has 1 N–H and O–H groups in total. The van der Waals surface area contributed by atoms with Crippen molar-refractivity contribution < 1.29 is 23.0 Å². The van der Waals surface area contributed by atoms with E-state index in [4.69, 9.17) is 9.84 Å². The second kappa shape index (κ2) is 6.82. The summed E-state index contributed by atoms with van der Waals surface area (Å²) in [4.78, 5) is 0. The molecule has 0 fully saturated rings. The fourth-order valence-corrected chi connectivity index (χ4v) is 1.62. The summed E-state index contributed by atoms with van der Waals surface area (Å²) in [5.41, 5.74) is 0.853. The highest BCUT2D eigenvalue weighted by Crippen LogP contribution is 2.20. The summed E-state index contributed by atoms with van der Waals surface area (Å²) in [6.07, 6.45) is 0. The van der Waals surface area contributed by atoms with Crippen LogP contribution >= 0.6 is 0 Å². The molecule has 21 heavy (non-hydrogen) atoms. The molecule has 0 unspecified atom stereocenters. The molecular formula is C16H11F3O2. The zero-order chi connectivity index (χ0) is 15.2. The van der Waals surface area contributed by atoms with Crippen molar-refractivity contribution in [2.24, 2.45) is 0 Å². The molecule has 0 aliphatic carbocycles. The predicted molar refractivity (Wildman–Crippen MR) is 71.1 cm³/mol. The monoisotopic (exact) mass is 292 g/mol. The first kappa shape index (κ1) is 14.9. The number of halogens is 3. The highest BCUT2D eigenvalue weighted by Gasteiger charge is 2.07. The highest BCUT2D eigenvalue weighted by atomic mass is 19.2. The quantitative estimate of drug-likeness (QED) is 0.881. The van der Waals surface area contributed by atoms with Crippen LogP contribution in [-0.2, 0) is 6.61 Å². The number of hydrogen-bond acceptors (Lipinski definition) is 2. The lowest BCUT2D eigenvalue weighted by Gasteiger charge is -2.08. The summed E-state index contributed by atoms with van der Waals surface area (Å²) in [5, 5.41) is 8.61. The van der Waals surface area contributed by atoms with Gasteiger partial charge in [-0.3, -0.25) is 0 Å². The van der Waals surface area contributed by atoms with Gasteiger partial charge in [0, 0.05) is 5.56 Å². The summed E-state index contributed by atoms with van der Waals surface area (Å²) < 4.78 is 44.7. The molecule has 0 aliphatic heterocycles. The van der Waals surface area contributed by atoms with E-state index >= 15 is 0 Å².